The molecule has 1 amide bonds. The summed E-state index contributed by atoms with van der Waals surface area (Å²) >= 11 is 0. The summed E-state index contributed by atoms with van der Waals surface area (Å²) in [5.41, 5.74) is 3.68. The van der Waals surface area contributed by atoms with Crippen LogP contribution in [0.25, 0.3) is 0 Å². The van der Waals surface area contributed by atoms with Crippen LogP contribution in [0.15, 0.2) is 53.4 Å². The molecule has 0 radical (unpaired) electrons. The molecule has 3 rings (SSSR count). The molecule has 0 unspecified atom stereocenters. The molecule has 2 aromatic rings. The fourth-order valence-electron chi connectivity index (χ4n) is 3.24. The number of hydrogen-bond acceptors (Lipinski definition) is 4. The first-order chi connectivity index (χ1) is 12.4. The van der Waals surface area contributed by atoms with Gasteiger partial charge in [0.25, 0.3) is 0 Å². The van der Waals surface area contributed by atoms with E-state index in [4.69, 9.17) is 0 Å². The maximum Gasteiger partial charge on any atom is 0.238 e. The van der Waals surface area contributed by atoms with Crippen molar-refractivity contribution in [1.82, 2.24) is 4.90 Å². The van der Waals surface area contributed by atoms with E-state index < -0.39 is 15.6 Å². The van der Waals surface area contributed by atoms with E-state index in [2.05, 4.69) is 30.9 Å². The van der Waals surface area contributed by atoms with E-state index in [9.17, 15) is 13.2 Å². The van der Waals surface area contributed by atoms with Gasteiger partial charge in [0.2, 0.25) is 5.91 Å². The number of nitrogens with zero attached hydrogens (tertiary/aromatic N) is 2. The minimum atomic E-state index is -3.59. The van der Waals surface area contributed by atoms with Crippen molar-refractivity contribution in [1.29, 1.82) is 0 Å². The lowest BCUT2D eigenvalue weighted by Gasteiger charge is -2.37. The van der Waals surface area contributed by atoms with Crippen LogP contribution in [0.2, 0.25) is 0 Å². The standard InChI is InChI=1S/C20H24N2O3S/c1-16-7-6-10-19(17(16)2)21-11-13-22(14-12-21)20(23)15-26(24,25)18-8-4-3-5-9-18/h3-10H,11-15H2,1-2H3. The zero-order chi connectivity index (χ0) is 18.7. The Kier molecular flexibility index (Phi) is 5.32. The van der Waals surface area contributed by atoms with E-state index in [-0.39, 0.29) is 10.8 Å². The van der Waals surface area contributed by atoms with E-state index in [0.29, 0.717) is 26.2 Å². The SMILES string of the molecule is Cc1cccc(N2CCN(C(=O)CS(=O)(=O)c3ccccc3)CC2)c1C. The number of carbonyl (C=O) groups excluding carboxylic acids is 1. The molecule has 0 aliphatic carbocycles. The van der Waals surface area contributed by atoms with E-state index in [1.165, 1.54) is 28.9 Å². The Morgan fingerprint density at radius 1 is 0.923 bits per heavy atom. The van der Waals surface area contributed by atoms with Crippen LogP contribution >= 0.6 is 0 Å². The molecular formula is C20H24N2O3S. The van der Waals surface area contributed by atoms with Crippen molar-refractivity contribution in [2.75, 3.05) is 36.8 Å². The maximum atomic E-state index is 12.5. The van der Waals surface area contributed by atoms with Crippen molar-refractivity contribution in [2.45, 2.75) is 18.7 Å². The summed E-state index contributed by atoms with van der Waals surface area (Å²) in [6, 6.07) is 14.4. The fraction of sp³-hybridized carbons (Fsp3) is 0.350. The Balaban J connectivity index is 1.63. The van der Waals surface area contributed by atoms with Gasteiger partial charge in [-0.25, -0.2) is 8.42 Å². The molecule has 0 N–H and O–H groups in total. The van der Waals surface area contributed by atoms with Crippen molar-refractivity contribution in [2.24, 2.45) is 0 Å². The highest BCUT2D eigenvalue weighted by Crippen LogP contribution is 2.24. The third-order valence-corrected chi connectivity index (χ3v) is 6.58. The summed E-state index contributed by atoms with van der Waals surface area (Å²) < 4.78 is 24.8. The molecule has 6 heteroatoms. The minimum absolute atomic E-state index is 0.197. The van der Waals surface area contributed by atoms with E-state index in [1.54, 1.807) is 23.1 Å². The third-order valence-electron chi connectivity index (χ3n) is 4.96. The van der Waals surface area contributed by atoms with Crippen molar-refractivity contribution in [3.63, 3.8) is 0 Å². The van der Waals surface area contributed by atoms with Crippen molar-refractivity contribution in [3.8, 4) is 0 Å². The van der Waals surface area contributed by atoms with Gasteiger partial charge in [-0.1, -0.05) is 30.3 Å². The maximum absolute atomic E-state index is 12.5. The van der Waals surface area contributed by atoms with E-state index >= 15 is 0 Å². The average molecular weight is 372 g/mol. The molecule has 1 heterocycles. The van der Waals surface area contributed by atoms with Crippen molar-refractivity contribution < 1.29 is 13.2 Å². The third kappa shape index (κ3) is 3.90. The zero-order valence-electron chi connectivity index (χ0n) is 15.2. The van der Waals surface area contributed by atoms with Crippen LogP contribution in [0.1, 0.15) is 11.1 Å². The molecule has 0 bridgehead atoms. The summed E-state index contributed by atoms with van der Waals surface area (Å²) in [5, 5.41) is 0. The second kappa shape index (κ2) is 7.50. The number of piperazine rings is 1. The lowest BCUT2D eigenvalue weighted by Crippen LogP contribution is -2.50. The van der Waals surface area contributed by atoms with Crippen molar-refractivity contribution in [3.05, 3.63) is 59.7 Å². The van der Waals surface area contributed by atoms with Crippen LogP contribution < -0.4 is 4.90 Å². The molecule has 0 aromatic heterocycles. The second-order valence-electron chi connectivity index (χ2n) is 6.66. The highest BCUT2D eigenvalue weighted by molar-refractivity contribution is 7.92. The molecule has 1 aliphatic rings. The van der Waals surface area contributed by atoms with Gasteiger partial charge in [0.05, 0.1) is 4.90 Å². The highest BCUT2D eigenvalue weighted by Gasteiger charge is 2.26. The van der Waals surface area contributed by atoms with Crippen LogP contribution in [0.3, 0.4) is 0 Å². The fourth-order valence-corrected chi connectivity index (χ4v) is 4.49. The first-order valence-electron chi connectivity index (χ1n) is 8.75. The Bertz CT molecular complexity index is 887. The molecule has 5 nitrogen and oxygen atoms in total. The Labute approximate surface area is 155 Å². The monoisotopic (exact) mass is 372 g/mol. The number of anilines is 1. The number of amides is 1. The largest absolute Gasteiger partial charge is 0.368 e. The molecule has 0 saturated carbocycles. The second-order valence-corrected chi connectivity index (χ2v) is 8.65. The van der Waals surface area contributed by atoms with Gasteiger partial charge in [-0.05, 0) is 43.2 Å². The number of carbonyl (C=O) groups is 1. The molecule has 0 atom stereocenters. The molecule has 0 spiro atoms. The molecule has 1 fully saturated rings. The van der Waals surface area contributed by atoms with Gasteiger partial charge in [-0.15, -0.1) is 0 Å². The van der Waals surface area contributed by atoms with Crippen LogP contribution in [0, 0.1) is 13.8 Å². The van der Waals surface area contributed by atoms with E-state index in [1.807, 2.05) is 6.07 Å². The summed E-state index contributed by atoms with van der Waals surface area (Å²) in [5.74, 6) is -0.796. The molecule has 2 aromatic carbocycles. The van der Waals surface area contributed by atoms with Gasteiger partial charge < -0.3 is 9.80 Å². The van der Waals surface area contributed by atoms with Crippen LogP contribution in [0.5, 0.6) is 0 Å². The van der Waals surface area contributed by atoms with Crippen LogP contribution in [-0.4, -0.2) is 51.2 Å². The van der Waals surface area contributed by atoms with Gasteiger partial charge in [0.1, 0.15) is 5.75 Å². The zero-order valence-corrected chi connectivity index (χ0v) is 16.0. The topological polar surface area (TPSA) is 57.7 Å². The average Bonchev–Trinajstić information content (AvgIpc) is 2.64. The Morgan fingerprint density at radius 2 is 1.58 bits per heavy atom. The number of benzene rings is 2. The summed E-state index contributed by atoms with van der Waals surface area (Å²) in [7, 11) is -3.59. The molecule has 1 saturated heterocycles. The van der Waals surface area contributed by atoms with Gasteiger partial charge in [0.15, 0.2) is 9.84 Å². The first-order valence-corrected chi connectivity index (χ1v) is 10.4. The minimum Gasteiger partial charge on any atom is -0.368 e. The number of hydrogen-bond donors (Lipinski definition) is 0. The molecule has 26 heavy (non-hydrogen) atoms. The first kappa shape index (κ1) is 18.5. The highest BCUT2D eigenvalue weighted by atomic mass is 32.2. The van der Waals surface area contributed by atoms with Gasteiger partial charge in [0, 0.05) is 31.9 Å². The Hall–Kier alpha value is -2.34. The van der Waals surface area contributed by atoms with Gasteiger partial charge in [-0.2, -0.15) is 0 Å². The quantitative estimate of drug-likeness (QED) is 0.827. The van der Waals surface area contributed by atoms with Crippen LogP contribution in [0.4, 0.5) is 5.69 Å². The number of rotatable bonds is 4. The molecule has 138 valence electrons. The smallest absolute Gasteiger partial charge is 0.238 e. The number of aryl methyl sites for hydroxylation is 1. The molecule has 1 aliphatic heterocycles. The number of sulfone groups is 1. The summed E-state index contributed by atoms with van der Waals surface area (Å²) in [6.45, 7) is 6.69. The normalized spacial score (nSPS) is 15.2. The summed E-state index contributed by atoms with van der Waals surface area (Å²) in [6.07, 6.45) is 0. The Morgan fingerprint density at radius 3 is 2.23 bits per heavy atom. The van der Waals surface area contributed by atoms with Crippen LogP contribution in [-0.2, 0) is 14.6 Å². The molecular weight excluding hydrogens is 348 g/mol. The van der Waals surface area contributed by atoms with Gasteiger partial charge in [-0.3, -0.25) is 4.79 Å². The summed E-state index contributed by atoms with van der Waals surface area (Å²) in [4.78, 5) is 16.6. The predicted octanol–water partition coefficient (Wildman–Crippen LogP) is 2.43. The van der Waals surface area contributed by atoms with Gasteiger partial charge >= 0.3 is 0 Å². The predicted molar refractivity (Wildman–Crippen MR) is 103 cm³/mol. The lowest BCUT2D eigenvalue weighted by molar-refractivity contribution is -0.128. The lowest BCUT2D eigenvalue weighted by atomic mass is 10.1. The van der Waals surface area contributed by atoms with E-state index in [0.717, 1.165) is 0 Å². The van der Waals surface area contributed by atoms with Crippen molar-refractivity contribution >= 4 is 21.4 Å².